The molecule has 0 aliphatic rings. The van der Waals surface area contributed by atoms with Crippen LogP contribution in [0.15, 0.2) is 35.5 Å². The van der Waals surface area contributed by atoms with Crippen molar-refractivity contribution in [3.8, 4) is 0 Å². The van der Waals surface area contributed by atoms with Crippen molar-refractivity contribution in [2.75, 3.05) is 12.4 Å². The molecular weight excluding hydrogens is 340 g/mol. The van der Waals surface area contributed by atoms with Crippen LogP contribution in [0.1, 0.15) is 5.56 Å². The summed E-state index contributed by atoms with van der Waals surface area (Å²) in [6.07, 6.45) is 1.60. The van der Waals surface area contributed by atoms with E-state index in [4.69, 9.17) is 16.7 Å². The van der Waals surface area contributed by atoms with Gasteiger partial charge in [0.25, 0.3) is 0 Å². The number of benzene rings is 1. The zero-order valence-corrected chi connectivity index (χ0v) is 13.6. The van der Waals surface area contributed by atoms with Crippen molar-refractivity contribution in [1.29, 1.82) is 0 Å². The van der Waals surface area contributed by atoms with E-state index in [1.165, 1.54) is 12.1 Å². The van der Waals surface area contributed by atoms with Crippen LogP contribution < -0.4 is 10.5 Å². The molecule has 0 aliphatic heterocycles. The molecule has 0 aliphatic carbocycles. The van der Waals surface area contributed by atoms with E-state index in [1.54, 1.807) is 30.1 Å². The number of hydrogen-bond acceptors (Lipinski definition) is 6. The number of aromatic nitrogens is 4. The quantitative estimate of drug-likeness (QED) is 0.682. The van der Waals surface area contributed by atoms with Crippen molar-refractivity contribution in [3.05, 3.63) is 41.4 Å². The lowest BCUT2D eigenvalue weighted by atomic mass is 10.2. The van der Waals surface area contributed by atoms with Crippen LogP contribution in [0.5, 0.6) is 0 Å². The van der Waals surface area contributed by atoms with Gasteiger partial charge in [0.05, 0.1) is 17.8 Å². The average molecular weight is 353 g/mol. The second kappa shape index (κ2) is 5.76. The van der Waals surface area contributed by atoms with Crippen LogP contribution >= 0.6 is 11.6 Å². The number of nitrogens with two attached hydrogens (primary N) is 1. The van der Waals surface area contributed by atoms with E-state index in [0.29, 0.717) is 23.5 Å². The van der Waals surface area contributed by atoms with Gasteiger partial charge in [0, 0.05) is 7.05 Å². The highest BCUT2D eigenvalue weighted by Gasteiger charge is 2.13. The van der Waals surface area contributed by atoms with Crippen LogP contribution in [-0.4, -0.2) is 35.0 Å². The molecule has 10 heteroatoms. The molecule has 2 heterocycles. The van der Waals surface area contributed by atoms with Gasteiger partial charge in [0.15, 0.2) is 17.0 Å². The minimum atomic E-state index is -3.75. The highest BCUT2D eigenvalue weighted by molar-refractivity contribution is 7.89. The Morgan fingerprint density at radius 3 is 2.83 bits per heavy atom. The summed E-state index contributed by atoms with van der Waals surface area (Å²) >= 11 is 5.92. The summed E-state index contributed by atoms with van der Waals surface area (Å²) in [5.41, 5.74) is 1.88. The number of halogens is 1. The molecule has 0 fully saturated rings. The molecular formula is C13H13ClN6O2S. The Kier molecular flexibility index (Phi) is 3.92. The van der Waals surface area contributed by atoms with E-state index in [-0.39, 0.29) is 10.2 Å². The van der Waals surface area contributed by atoms with Gasteiger partial charge in [0.1, 0.15) is 0 Å². The van der Waals surface area contributed by atoms with E-state index in [9.17, 15) is 8.42 Å². The summed E-state index contributed by atoms with van der Waals surface area (Å²) in [6.45, 7) is 0.371. The zero-order chi connectivity index (χ0) is 16.6. The highest BCUT2D eigenvalue weighted by Crippen LogP contribution is 2.21. The molecule has 0 radical (unpaired) electrons. The van der Waals surface area contributed by atoms with Gasteiger partial charge in [-0.25, -0.2) is 18.5 Å². The number of hydrogen-bond donors (Lipinski definition) is 2. The lowest BCUT2D eigenvalue weighted by molar-refractivity contribution is 0.597. The number of nitrogens with one attached hydrogen (secondary N) is 1. The number of anilines is 1. The number of primary sulfonamides is 1. The lowest BCUT2D eigenvalue weighted by Gasteiger charge is -2.07. The number of fused-ring (bicyclic) bond motifs is 1. The second-order valence-electron chi connectivity index (χ2n) is 4.83. The van der Waals surface area contributed by atoms with Crippen LogP contribution in [0, 0.1) is 0 Å². The fourth-order valence-corrected chi connectivity index (χ4v) is 2.97. The molecule has 0 saturated heterocycles. The molecule has 1 aromatic carbocycles. The van der Waals surface area contributed by atoms with Crippen molar-refractivity contribution < 1.29 is 8.42 Å². The predicted octanol–water partition coefficient (Wildman–Crippen LogP) is 1.22. The van der Waals surface area contributed by atoms with Crippen LogP contribution in [0.2, 0.25) is 5.28 Å². The van der Waals surface area contributed by atoms with Gasteiger partial charge in [-0.3, -0.25) is 0 Å². The summed E-state index contributed by atoms with van der Waals surface area (Å²) in [5.74, 6) is 0.525. The standard InChI is InChI=1S/C13H13ClN6O2S/c1-16-11-10-12(19-13(14)18-11)20(7-17-10)6-8-3-2-4-9(5-8)23(15,21)22/h2-5,7H,6H2,1H3,(H2,15,21,22)(H,16,18,19). The van der Waals surface area contributed by atoms with E-state index in [1.807, 2.05) is 0 Å². The summed E-state index contributed by atoms with van der Waals surface area (Å²) in [4.78, 5) is 12.6. The second-order valence-corrected chi connectivity index (χ2v) is 6.73. The maximum absolute atomic E-state index is 11.4. The van der Waals surface area contributed by atoms with E-state index in [2.05, 4.69) is 20.3 Å². The molecule has 0 unspecified atom stereocenters. The fraction of sp³-hybridized carbons (Fsp3) is 0.154. The molecule has 8 nitrogen and oxygen atoms in total. The molecule has 0 amide bonds. The van der Waals surface area contributed by atoms with Crippen LogP contribution in [0.25, 0.3) is 11.2 Å². The topological polar surface area (TPSA) is 116 Å². The van der Waals surface area contributed by atoms with Crippen molar-refractivity contribution in [3.63, 3.8) is 0 Å². The molecule has 0 spiro atoms. The molecule has 3 N–H and O–H groups in total. The summed E-state index contributed by atoms with van der Waals surface area (Å²) in [7, 11) is -2.03. The van der Waals surface area contributed by atoms with Crippen molar-refractivity contribution in [2.24, 2.45) is 5.14 Å². The van der Waals surface area contributed by atoms with Gasteiger partial charge in [-0.05, 0) is 29.3 Å². The molecule has 0 saturated carbocycles. The number of rotatable bonds is 4. The Morgan fingerprint density at radius 2 is 2.13 bits per heavy atom. The van der Waals surface area contributed by atoms with Gasteiger partial charge in [-0.2, -0.15) is 9.97 Å². The van der Waals surface area contributed by atoms with Crippen LogP contribution in [0.4, 0.5) is 5.82 Å². The maximum Gasteiger partial charge on any atom is 0.238 e. The maximum atomic E-state index is 11.4. The summed E-state index contributed by atoms with van der Waals surface area (Å²) in [5, 5.41) is 8.16. The van der Waals surface area contributed by atoms with E-state index in [0.717, 1.165) is 5.56 Å². The summed E-state index contributed by atoms with van der Waals surface area (Å²) in [6, 6.07) is 6.39. The molecule has 0 bridgehead atoms. The van der Waals surface area contributed by atoms with Crippen molar-refractivity contribution in [2.45, 2.75) is 11.4 Å². The van der Waals surface area contributed by atoms with Gasteiger partial charge < -0.3 is 9.88 Å². The molecule has 23 heavy (non-hydrogen) atoms. The molecule has 3 aromatic rings. The van der Waals surface area contributed by atoms with Crippen molar-refractivity contribution >= 4 is 38.6 Å². The van der Waals surface area contributed by atoms with Crippen LogP contribution in [0.3, 0.4) is 0 Å². The Bertz CT molecular complexity index is 985. The number of sulfonamides is 1. The molecule has 120 valence electrons. The summed E-state index contributed by atoms with van der Waals surface area (Å²) < 4.78 is 24.6. The van der Waals surface area contributed by atoms with E-state index >= 15 is 0 Å². The Balaban J connectivity index is 2.04. The molecule has 3 rings (SSSR count). The normalized spacial score (nSPS) is 11.8. The smallest absolute Gasteiger partial charge is 0.238 e. The lowest BCUT2D eigenvalue weighted by Crippen LogP contribution is -2.12. The monoisotopic (exact) mass is 352 g/mol. The first-order chi connectivity index (χ1) is 10.9. The average Bonchev–Trinajstić information content (AvgIpc) is 2.89. The first-order valence-corrected chi connectivity index (χ1v) is 8.49. The number of imidazole rings is 1. The third kappa shape index (κ3) is 3.11. The highest BCUT2D eigenvalue weighted by atomic mass is 35.5. The van der Waals surface area contributed by atoms with Gasteiger partial charge in [0.2, 0.25) is 15.3 Å². The SMILES string of the molecule is CNc1nc(Cl)nc2c1ncn2Cc1cccc(S(N)(=O)=O)c1. The Labute approximate surface area is 137 Å². The Hall–Kier alpha value is -2.23. The first-order valence-electron chi connectivity index (χ1n) is 6.56. The first kappa shape index (κ1) is 15.7. The molecule has 0 atom stereocenters. The fourth-order valence-electron chi connectivity index (χ4n) is 2.23. The largest absolute Gasteiger partial charge is 0.371 e. The van der Waals surface area contributed by atoms with Gasteiger partial charge in [-0.15, -0.1) is 0 Å². The van der Waals surface area contributed by atoms with Crippen molar-refractivity contribution in [1.82, 2.24) is 19.5 Å². The third-order valence-corrected chi connectivity index (χ3v) is 4.33. The predicted molar refractivity (Wildman–Crippen MR) is 86.8 cm³/mol. The number of nitrogens with zero attached hydrogens (tertiary/aromatic N) is 4. The third-order valence-electron chi connectivity index (χ3n) is 3.25. The zero-order valence-electron chi connectivity index (χ0n) is 12.1. The Morgan fingerprint density at radius 1 is 1.35 bits per heavy atom. The minimum absolute atomic E-state index is 0.0583. The minimum Gasteiger partial charge on any atom is -0.371 e. The van der Waals surface area contributed by atoms with Gasteiger partial charge >= 0.3 is 0 Å². The van der Waals surface area contributed by atoms with Crippen LogP contribution in [-0.2, 0) is 16.6 Å². The molecule has 2 aromatic heterocycles. The van der Waals surface area contributed by atoms with Gasteiger partial charge in [-0.1, -0.05) is 12.1 Å². The van der Waals surface area contributed by atoms with E-state index < -0.39 is 10.0 Å².